The van der Waals surface area contributed by atoms with E-state index in [0.29, 0.717) is 0 Å². The first-order valence-electron chi connectivity index (χ1n) is 5.92. The molecule has 0 saturated carbocycles. The fraction of sp³-hybridized carbons (Fsp3) is 0.667. The summed E-state index contributed by atoms with van der Waals surface area (Å²) in [5, 5.41) is 6.92. The van der Waals surface area contributed by atoms with Gasteiger partial charge < -0.3 is 4.90 Å². The quantitative estimate of drug-likeness (QED) is 0.832. The minimum absolute atomic E-state index is 0.0969. The molecule has 1 aromatic rings. The maximum Gasteiger partial charge on any atom is 0.257 e. The van der Waals surface area contributed by atoms with E-state index >= 15 is 0 Å². The molecule has 0 saturated heterocycles. The molecule has 1 aromatic heterocycles. The molecular weight excluding hydrogens is 202 g/mol. The fourth-order valence-corrected chi connectivity index (χ4v) is 1.78. The average Bonchev–Trinajstić information content (AvgIpc) is 2.59. The van der Waals surface area contributed by atoms with Crippen molar-refractivity contribution in [3.8, 4) is 0 Å². The van der Waals surface area contributed by atoms with Crippen molar-refractivity contribution in [1.82, 2.24) is 15.1 Å². The number of unbranched alkanes of at least 4 members (excludes halogenated alkanes) is 1. The van der Waals surface area contributed by atoms with Crippen molar-refractivity contribution >= 4 is 5.91 Å². The smallest absolute Gasteiger partial charge is 0.257 e. The Kier molecular flexibility index (Phi) is 4.52. The van der Waals surface area contributed by atoms with Crippen LogP contribution < -0.4 is 0 Å². The van der Waals surface area contributed by atoms with E-state index in [9.17, 15) is 4.79 Å². The topological polar surface area (TPSA) is 49.0 Å². The van der Waals surface area contributed by atoms with Crippen molar-refractivity contribution in [3.63, 3.8) is 0 Å². The largest absolute Gasteiger partial charge is 0.339 e. The number of amides is 1. The fourth-order valence-electron chi connectivity index (χ4n) is 1.78. The number of nitrogens with one attached hydrogen (secondary N) is 1. The maximum absolute atomic E-state index is 12.3. The van der Waals surface area contributed by atoms with Crippen LogP contribution in [0.1, 0.15) is 48.4 Å². The summed E-state index contributed by atoms with van der Waals surface area (Å²) < 4.78 is 0. The van der Waals surface area contributed by atoms with Gasteiger partial charge in [0.05, 0.1) is 11.3 Å². The molecule has 0 bridgehead atoms. The second-order valence-corrected chi connectivity index (χ2v) is 4.05. The SMILES string of the molecule is CCCCN(CC)C(=O)c1c(C)n[nH]c1C. The Hall–Kier alpha value is -1.32. The van der Waals surface area contributed by atoms with Gasteiger partial charge in [0, 0.05) is 18.8 Å². The second kappa shape index (κ2) is 5.68. The molecule has 0 aliphatic rings. The molecule has 16 heavy (non-hydrogen) atoms. The first-order chi connectivity index (χ1) is 7.61. The number of aromatic nitrogens is 2. The molecule has 0 aromatic carbocycles. The van der Waals surface area contributed by atoms with Crippen molar-refractivity contribution < 1.29 is 4.79 Å². The van der Waals surface area contributed by atoms with Crippen LogP contribution in [0.2, 0.25) is 0 Å². The van der Waals surface area contributed by atoms with E-state index in [1.807, 2.05) is 25.7 Å². The molecule has 0 radical (unpaired) electrons. The van der Waals surface area contributed by atoms with Gasteiger partial charge in [-0.1, -0.05) is 13.3 Å². The first-order valence-corrected chi connectivity index (χ1v) is 5.92. The van der Waals surface area contributed by atoms with Crippen molar-refractivity contribution in [2.75, 3.05) is 13.1 Å². The molecule has 1 N–H and O–H groups in total. The molecule has 0 aliphatic carbocycles. The highest BCUT2D eigenvalue weighted by Gasteiger charge is 2.19. The summed E-state index contributed by atoms with van der Waals surface area (Å²) in [4.78, 5) is 14.1. The molecule has 0 aliphatic heterocycles. The van der Waals surface area contributed by atoms with Crippen LogP contribution in [-0.4, -0.2) is 34.1 Å². The zero-order chi connectivity index (χ0) is 12.1. The lowest BCUT2D eigenvalue weighted by atomic mass is 10.1. The van der Waals surface area contributed by atoms with Crippen molar-refractivity contribution in [1.29, 1.82) is 0 Å². The van der Waals surface area contributed by atoms with Gasteiger partial charge >= 0.3 is 0 Å². The van der Waals surface area contributed by atoms with E-state index < -0.39 is 0 Å². The predicted octanol–water partition coefficient (Wildman–Crippen LogP) is 2.29. The molecule has 4 nitrogen and oxygen atoms in total. The van der Waals surface area contributed by atoms with Crippen molar-refractivity contribution in [2.45, 2.75) is 40.5 Å². The van der Waals surface area contributed by atoms with E-state index in [1.165, 1.54) is 0 Å². The van der Waals surface area contributed by atoms with Crippen LogP contribution >= 0.6 is 0 Å². The number of carbonyl (C=O) groups is 1. The molecule has 90 valence electrons. The normalized spacial score (nSPS) is 10.5. The highest BCUT2D eigenvalue weighted by atomic mass is 16.2. The Morgan fingerprint density at radius 2 is 2.06 bits per heavy atom. The Morgan fingerprint density at radius 3 is 2.50 bits per heavy atom. The Labute approximate surface area is 97.0 Å². The summed E-state index contributed by atoms with van der Waals surface area (Å²) in [6, 6.07) is 0. The molecule has 1 heterocycles. The molecule has 1 amide bonds. The van der Waals surface area contributed by atoms with Crippen LogP contribution in [0.4, 0.5) is 0 Å². The van der Waals surface area contributed by atoms with E-state index in [1.54, 1.807) is 0 Å². The van der Waals surface area contributed by atoms with Crippen LogP contribution in [0.15, 0.2) is 0 Å². The lowest BCUT2D eigenvalue weighted by Crippen LogP contribution is -2.32. The summed E-state index contributed by atoms with van der Waals surface area (Å²) in [6.45, 7) is 9.48. The number of aryl methyl sites for hydroxylation is 2. The van der Waals surface area contributed by atoms with E-state index in [-0.39, 0.29) is 5.91 Å². The van der Waals surface area contributed by atoms with Crippen LogP contribution in [0.5, 0.6) is 0 Å². The van der Waals surface area contributed by atoms with Gasteiger partial charge in [-0.2, -0.15) is 5.10 Å². The van der Waals surface area contributed by atoms with Crippen LogP contribution in [0, 0.1) is 13.8 Å². The van der Waals surface area contributed by atoms with Crippen LogP contribution in [0.25, 0.3) is 0 Å². The number of H-pyrrole nitrogens is 1. The van der Waals surface area contributed by atoms with Gasteiger partial charge in [0.25, 0.3) is 5.91 Å². The molecule has 4 heteroatoms. The minimum Gasteiger partial charge on any atom is -0.339 e. The number of aromatic amines is 1. The molecule has 0 atom stereocenters. The lowest BCUT2D eigenvalue weighted by molar-refractivity contribution is 0.0761. The first kappa shape index (κ1) is 12.7. The zero-order valence-corrected chi connectivity index (χ0v) is 10.6. The Balaban J connectivity index is 2.82. The molecule has 0 spiro atoms. The molecule has 0 unspecified atom stereocenters. The third-order valence-electron chi connectivity index (χ3n) is 2.79. The maximum atomic E-state index is 12.3. The van der Waals surface area contributed by atoms with Gasteiger partial charge in [0.2, 0.25) is 0 Å². The number of hydrogen-bond acceptors (Lipinski definition) is 2. The number of rotatable bonds is 5. The molecule has 1 rings (SSSR count). The van der Waals surface area contributed by atoms with Gasteiger partial charge in [0.1, 0.15) is 0 Å². The summed E-state index contributed by atoms with van der Waals surface area (Å²) in [5.74, 6) is 0.0969. The van der Waals surface area contributed by atoms with E-state index in [0.717, 1.165) is 42.9 Å². The highest BCUT2D eigenvalue weighted by molar-refractivity contribution is 5.96. The van der Waals surface area contributed by atoms with Crippen molar-refractivity contribution in [3.05, 3.63) is 17.0 Å². The standard InChI is InChI=1S/C12H21N3O/c1-5-7-8-15(6-2)12(16)11-9(3)13-14-10(11)4/h5-8H2,1-4H3,(H,13,14). The number of nitrogens with zero attached hydrogens (tertiary/aromatic N) is 2. The van der Waals surface area contributed by atoms with E-state index in [4.69, 9.17) is 0 Å². The summed E-state index contributed by atoms with van der Waals surface area (Å²) in [5.41, 5.74) is 2.38. The molecule has 0 fully saturated rings. The third-order valence-corrected chi connectivity index (χ3v) is 2.79. The van der Waals surface area contributed by atoms with E-state index in [2.05, 4.69) is 17.1 Å². The summed E-state index contributed by atoms with van der Waals surface area (Å²) in [6.07, 6.45) is 2.16. The van der Waals surface area contributed by atoms with Crippen LogP contribution in [0.3, 0.4) is 0 Å². The zero-order valence-electron chi connectivity index (χ0n) is 10.6. The predicted molar refractivity (Wildman–Crippen MR) is 64.5 cm³/mol. The minimum atomic E-state index is 0.0969. The van der Waals surface area contributed by atoms with Gasteiger partial charge in [0.15, 0.2) is 0 Å². The van der Waals surface area contributed by atoms with Gasteiger partial charge in [-0.15, -0.1) is 0 Å². The number of hydrogen-bond donors (Lipinski definition) is 1. The summed E-state index contributed by atoms with van der Waals surface area (Å²) >= 11 is 0. The van der Waals surface area contributed by atoms with Gasteiger partial charge in [-0.05, 0) is 27.2 Å². The Morgan fingerprint density at radius 1 is 1.38 bits per heavy atom. The van der Waals surface area contributed by atoms with Crippen molar-refractivity contribution in [2.24, 2.45) is 0 Å². The third kappa shape index (κ3) is 2.62. The average molecular weight is 223 g/mol. The van der Waals surface area contributed by atoms with Crippen LogP contribution in [-0.2, 0) is 0 Å². The molecular formula is C12H21N3O. The van der Waals surface area contributed by atoms with Gasteiger partial charge in [-0.3, -0.25) is 9.89 Å². The second-order valence-electron chi connectivity index (χ2n) is 4.05. The Bertz CT molecular complexity index is 338. The number of carbonyl (C=O) groups excluding carboxylic acids is 1. The summed E-state index contributed by atoms with van der Waals surface area (Å²) in [7, 11) is 0. The van der Waals surface area contributed by atoms with Gasteiger partial charge in [-0.25, -0.2) is 0 Å². The highest BCUT2D eigenvalue weighted by Crippen LogP contribution is 2.13. The lowest BCUT2D eigenvalue weighted by Gasteiger charge is -2.20. The monoisotopic (exact) mass is 223 g/mol.